The van der Waals surface area contributed by atoms with Gasteiger partial charge in [0.2, 0.25) is 0 Å². The first kappa shape index (κ1) is 14.3. The largest absolute Gasteiger partial charge is 0.497 e. The molecular formula is C16H18FNO2. The minimum atomic E-state index is -0.905. The van der Waals surface area contributed by atoms with Crippen LogP contribution in [-0.4, -0.2) is 18.8 Å². The summed E-state index contributed by atoms with van der Waals surface area (Å²) in [5.41, 5.74) is 0.270. The standard InChI is InChI=1S/C16H18FNO2/c1-16(11-19,14-8-3-4-9-15(14)17)18-12-6-5-7-13(10-12)20-2/h3-10,18-19H,11H2,1-2H3. The van der Waals surface area contributed by atoms with Crippen LogP contribution in [0.4, 0.5) is 10.1 Å². The first-order valence-electron chi connectivity index (χ1n) is 6.37. The van der Waals surface area contributed by atoms with Gasteiger partial charge in [0.05, 0.1) is 19.3 Å². The van der Waals surface area contributed by atoms with Gasteiger partial charge < -0.3 is 15.2 Å². The lowest BCUT2D eigenvalue weighted by Crippen LogP contribution is -2.36. The number of aliphatic hydroxyl groups excluding tert-OH is 1. The Bertz CT molecular complexity index is 588. The lowest BCUT2D eigenvalue weighted by molar-refractivity contribution is 0.220. The molecular weight excluding hydrogens is 257 g/mol. The van der Waals surface area contributed by atoms with Crippen LogP contribution in [-0.2, 0) is 5.54 Å². The molecule has 2 N–H and O–H groups in total. The Morgan fingerprint density at radius 2 is 1.95 bits per heavy atom. The number of nitrogens with one attached hydrogen (secondary N) is 1. The summed E-state index contributed by atoms with van der Waals surface area (Å²) < 4.78 is 19.1. The highest BCUT2D eigenvalue weighted by Crippen LogP contribution is 2.29. The van der Waals surface area contributed by atoms with Crippen molar-refractivity contribution in [3.63, 3.8) is 0 Å². The molecule has 0 saturated carbocycles. The van der Waals surface area contributed by atoms with Crippen molar-refractivity contribution in [2.24, 2.45) is 0 Å². The van der Waals surface area contributed by atoms with Crippen LogP contribution in [0, 0.1) is 5.82 Å². The van der Waals surface area contributed by atoms with Crippen molar-refractivity contribution >= 4 is 5.69 Å². The van der Waals surface area contributed by atoms with Crippen LogP contribution in [0.5, 0.6) is 5.75 Å². The topological polar surface area (TPSA) is 41.5 Å². The van der Waals surface area contributed by atoms with Gasteiger partial charge >= 0.3 is 0 Å². The molecule has 2 rings (SSSR count). The summed E-state index contributed by atoms with van der Waals surface area (Å²) in [4.78, 5) is 0. The predicted molar refractivity (Wildman–Crippen MR) is 77.5 cm³/mol. The smallest absolute Gasteiger partial charge is 0.128 e. The van der Waals surface area contributed by atoms with E-state index in [0.29, 0.717) is 11.3 Å². The van der Waals surface area contributed by atoms with E-state index in [1.54, 1.807) is 38.3 Å². The number of methoxy groups -OCH3 is 1. The van der Waals surface area contributed by atoms with E-state index in [2.05, 4.69) is 5.32 Å². The first-order chi connectivity index (χ1) is 9.59. The number of halogens is 1. The van der Waals surface area contributed by atoms with E-state index in [4.69, 9.17) is 4.74 Å². The molecule has 1 unspecified atom stereocenters. The van der Waals surface area contributed by atoms with Gasteiger partial charge in [-0.3, -0.25) is 0 Å². The molecule has 0 bridgehead atoms. The zero-order valence-electron chi connectivity index (χ0n) is 11.6. The fourth-order valence-corrected chi connectivity index (χ4v) is 2.12. The van der Waals surface area contributed by atoms with E-state index in [0.717, 1.165) is 5.69 Å². The number of aliphatic hydroxyl groups is 1. The highest BCUT2D eigenvalue weighted by Gasteiger charge is 2.28. The number of hydrogen-bond donors (Lipinski definition) is 2. The van der Waals surface area contributed by atoms with Gasteiger partial charge in [-0.15, -0.1) is 0 Å². The van der Waals surface area contributed by atoms with Crippen molar-refractivity contribution in [2.45, 2.75) is 12.5 Å². The Morgan fingerprint density at radius 1 is 1.20 bits per heavy atom. The van der Waals surface area contributed by atoms with Crippen LogP contribution in [0.3, 0.4) is 0 Å². The number of ether oxygens (including phenoxy) is 1. The van der Waals surface area contributed by atoms with Crippen LogP contribution < -0.4 is 10.1 Å². The van der Waals surface area contributed by atoms with Crippen molar-refractivity contribution in [3.05, 3.63) is 59.9 Å². The third-order valence-corrected chi connectivity index (χ3v) is 3.27. The van der Waals surface area contributed by atoms with Crippen LogP contribution in [0.25, 0.3) is 0 Å². The molecule has 0 amide bonds. The van der Waals surface area contributed by atoms with E-state index in [9.17, 15) is 9.50 Å². The van der Waals surface area contributed by atoms with Crippen LogP contribution in [0.1, 0.15) is 12.5 Å². The van der Waals surface area contributed by atoms with Crippen LogP contribution >= 0.6 is 0 Å². The maximum absolute atomic E-state index is 13.9. The Balaban J connectivity index is 2.34. The maximum atomic E-state index is 13.9. The molecule has 1 atom stereocenters. The molecule has 0 aromatic heterocycles. The quantitative estimate of drug-likeness (QED) is 0.880. The molecule has 0 spiro atoms. The summed E-state index contributed by atoms with van der Waals surface area (Å²) in [5.74, 6) is 0.350. The molecule has 2 aromatic rings. The number of rotatable bonds is 5. The Kier molecular flexibility index (Phi) is 4.25. The maximum Gasteiger partial charge on any atom is 0.128 e. The minimum absolute atomic E-state index is 0.231. The van der Waals surface area contributed by atoms with Crippen molar-refractivity contribution in [2.75, 3.05) is 19.0 Å². The summed E-state index contributed by atoms with van der Waals surface area (Å²) in [6.45, 7) is 1.52. The van der Waals surface area contributed by atoms with Gasteiger partial charge in [0.25, 0.3) is 0 Å². The molecule has 2 aromatic carbocycles. The molecule has 106 valence electrons. The highest BCUT2D eigenvalue weighted by atomic mass is 19.1. The fraction of sp³-hybridized carbons (Fsp3) is 0.250. The van der Waals surface area contributed by atoms with Gasteiger partial charge in [-0.2, -0.15) is 0 Å². The van der Waals surface area contributed by atoms with Crippen molar-refractivity contribution in [1.29, 1.82) is 0 Å². The molecule has 0 fully saturated rings. The molecule has 0 heterocycles. The third-order valence-electron chi connectivity index (χ3n) is 3.27. The molecule has 0 saturated heterocycles. The van der Waals surface area contributed by atoms with Crippen molar-refractivity contribution < 1.29 is 14.2 Å². The zero-order chi connectivity index (χ0) is 14.6. The minimum Gasteiger partial charge on any atom is -0.497 e. The molecule has 3 nitrogen and oxygen atoms in total. The molecule has 0 aliphatic carbocycles. The predicted octanol–water partition coefficient (Wildman–Crippen LogP) is 3.15. The van der Waals surface area contributed by atoms with Gasteiger partial charge in [-0.05, 0) is 25.1 Å². The number of hydrogen-bond acceptors (Lipinski definition) is 3. The first-order valence-corrected chi connectivity index (χ1v) is 6.37. The average molecular weight is 275 g/mol. The van der Waals surface area contributed by atoms with E-state index < -0.39 is 5.54 Å². The monoisotopic (exact) mass is 275 g/mol. The molecule has 0 aliphatic rings. The lowest BCUT2D eigenvalue weighted by Gasteiger charge is -2.31. The highest BCUT2D eigenvalue weighted by molar-refractivity contribution is 5.51. The average Bonchev–Trinajstić information content (AvgIpc) is 2.47. The summed E-state index contributed by atoms with van der Waals surface area (Å²) in [5, 5.41) is 12.9. The Morgan fingerprint density at radius 3 is 2.60 bits per heavy atom. The number of benzene rings is 2. The van der Waals surface area contributed by atoms with Crippen LogP contribution in [0.15, 0.2) is 48.5 Å². The normalized spacial score (nSPS) is 13.6. The second kappa shape index (κ2) is 5.92. The lowest BCUT2D eigenvalue weighted by atomic mass is 9.92. The summed E-state index contributed by atoms with van der Waals surface area (Å²) in [6.07, 6.45) is 0. The van der Waals surface area contributed by atoms with E-state index >= 15 is 0 Å². The molecule has 4 heteroatoms. The third kappa shape index (κ3) is 2.91. The summed E-state index contributed by atoms with van der Waals surface area (Å²) in [7, 11) is 1.58. The molecule has 0 radical (unpaired) electrons. The van der Waals surface area contributed by atoms with E-state index in [1.165, 1.54) is 6.07 Å². The second-order valence-corrected chi connectivity index (χ2v) is 4.83. The van der Waals surface area contributed by atoms with Gasteiger partial charge in [0.1, 0.15) is 11.6 Å². The fourth-order valence-electron chi connectivity index (χ4n) is 2.12. The Hall–Kier alpha value is -2.07. The van der Waals surface area contributed by atoms with Crippen LogP contribution in [0.2, 0.25) is 0 Å². The van der Waals surface area contributed by atoms with E-state index in [-0.39, 0.29) is 12.4 Å². The summed E-state index contributed by atoms with van der Waals surface area (Å²) >= 11 is 0. The second-order valence-electron chi connectivity index (χ2n) is 4.83. The van der Waals surface area contributed by atoms with Gasteiger partial charge in [0, 0.05) is 17.3 Å². The van der Waals surface area contributed by atoms with Gasteiger partial charge in [0.15, 0.2) is 0 Å². The van der Waals surface area contributed by atoms with Gasteiger partial charge in [-0.25, -0.2) is 4.39 Å². The molecule has 20 heavy (non-hydrogen) atoms. The molecule has 0 aliphatic heterocycles. The van der Waals surface area contributed by atoms with Crippen molar-refractivity contribution in [3.8, 4) is 5.75 Å². The van der Waals surface area contributed by atoms with E-state index in [1.807, 2.05) is 18.2 Å². The van der Waals surface area contributed by atoms with Gasteiger partial charge in [-0.1, -0.05) is 24.3 Å². The number of anilines is 1. The Labute approximate surface area is 118 Å². The zero-order valence-corrected chi connectivity index (χ0v) is 11.6. The van der Waals surface area contributed by atoms with Crippen molar-refractivity contribution in [1.82, 2.24) is 0 Å². The summed E-state index contributed by atoms with van der Waals surface area (Å²) in [6, 6.07) is 13.7. The SMILES string of the molecule is COc1cccc(NC(C)(CO)c2ccccc2F)c1.